The Morgan fingerprint density at radius 3 is 3.00 bits per heavy atom. The van der Waals surface area contributed by atoms with Crippen LogP contribution in [0.3, 0.4) is 0 Å². The summed E-state index contributed by atoms with van der Waals surface area (Å²) in [4.78, 5) is 2.28. The third-order valence-electron chi connectivity index (χ3n) is 2.12. The van der Waals surface area contributed by atoms with Crippen LogP contribution in [-0.2, 0) is 0 Å². The molecule has 0 aromatic heterocycles. The molecule has 0 saturated heterocycles. The summed E-state index contributed by atoms with van der Waals surface area (Å²) in [6.07, 6.45) is 3.30. The molecule has 1 aliphatic heterocycles. The van der Waals surface area contributed by atoms with Gasteiger partial charge in [0.25, 0.3) is 0 Å². The van der Waals surface area contributed by atoms with Crippen molar-refractivity contribution in [3.63, 3.8) is 0 Å². The van der Waals surface area contributed by atoms with E-state index < -0.39 is 0 Å². The molecule has 1 aliphatic rings. The quantitative estimate of drug-likeness (QED) is 0.588. The average Bonchev–Trinajstić information content (AvgIpc) is 1.95. The molecule has 0 spiro atoms. The second kappa shape index (κ2) is 2.95. The molecule has 0 bridgehead atoms. The van der Waals surface area contributed by atoms with Crippen molar-refractivity contribution in [1.29, 1.82) is 0 Å². The van der Waals surface area contributed by atoms with Gasteiger partial charge in [0, 0.05) is 31.5 Å². The van der Waals surface area contributed by atoms with Gasteiger partial charge in [0.05, 0.1) is 0 Å². The molecular weight excluding hydrogens is 124 g/mol. The van der Waals surface area contributed by atoms with Gasteiger partial charge in [0.2, 0.25) is 0 Å². The number of hydrogen-bond donors (Lipinski definition) is 1. The minimum Gasteiger partial charge on any atom is -0.385 e. The Balaban J connectivity index is 2.51. The maximum atomic E-state index is 3.35. The Morgan fingerprint density at radius 2 is 2.50 bits per heavy atom. The monoisotopic (exact) mass is 140 g/mol. The minimum atomic E-state index is 0.647. The molecule has 0 aromatic carbocycles. The van der Waals surface area contributed by atoms with E-state index in [2.05, 4.69) is 37.3 Å². The van der Waals surface area contributed by atoms with Gasteiger partial charge in [-0.15, -0.1) is 0 Å². The fourth-order valence-corrected chi connectivity index (χ4v) is 1.12. The predicted molar refractivity (Wildman–Crippen MR) is 43.6 cm³/mol. The summed E-state index contributed by atoms with van der Waals surface area (Å²) in [6, 6.07) is 0.647. The SMILES string of the molecule is CCC1CN(C)C(C)=CN1. The number of nitrogens with one attached hydrogen (secondary N) is 1. The summed E-state index contributed by atoms with van der Waals surface area (Å²) in [5.74, 6) is 0. The summed E-state index contributed by atoms with van der Waals surface area (Å²) >= 11 is 0. The highest BCUT2D eigenvalue weighted by molar-refractivity contribution is 5.01. The van der Waals surface area contributed by atoms with Crippen LogP contribution < -0.4 is 5.32 Å². The Hall–Kier alpha value is -0.660. The molecule has 1 rings (SSSR count). The first-order valence-electron chi connectivity index (χ1n) is 3.88. The maximum absolute atomic E-state index is 3.35. The van der Waals surface area contributed by atoms with E-state index in [1.807, 2.05) is 0 Å². The first-order valence-corrected chi connectivity index (χ1v) is 3.88. The largest absolute Gasteiger partial charge is 0.385 e. The van der Waals surface area contributed by atoms with Crippen LogP contribution in [0.5, 0.6) is 0 Å². The molecule has 1 N–H and O–H groups in total. The predicted octanol–water partition coefficient (Wildman–Crippen LogP) is 1.16. The lowest BCUT2D eigenvalue weighted by molar-refractivity contribution is 0.328. The molecule has 0 aromatic rings. The summed E-state index contributed by atoms with van der Waals surface area (Å²) < 4.78 is 0. The molecule has 0 fully saturated rings. The van der Waals surface area contributed by atoms with E-state index in [1.165, 1.54) is 12.1 Å². The first-order chi connectivity index (χ1) is 4.74. The molecule has 1 atom stereocenters. The average molecular weight is 140 g/mol. The van der Waals surface area contributed by atoms with Crippen molar-refractivity contribution in [2.24, 2.45) is 0 Å². The maximum Gasteiger partial charge on any atom is 0.0428 e. The van der Waals surface area contributed by atoms with Crippen LogP contribution in [0.1, 0.15) is 20.3 Å². The molecule has 2 nitrogen and oxygen atoms in total. The zero-order valence-electron chi connectivity index (χ0n) is 7.02. The standard InChI is InChI=1S/C8H16N2/c1-4-8-6-10(3)7(2)5-9-8/h5,8-9H,4,6H2,1-3H3. The third kappa shape index (κ3) is 1.43. The van der Waals surface area contributed by atoms with Gasteiger partial charge in [-0.3, -0.25) is 0 Å². The van der Waals surface area contributed by atoms with E-state index in [0.29, 0.717) is 6.04 Å². The number of nitrogens with zero attached hydrogens (tertiary/aromatic N) is 1. The highest BCUT2D eigenvalue weighted by atomic mass is 15.2. The Labute approximate surface area is 62.9 Å². The molecule has 0 aliphatic carbocycles. The van der Waals surface area contributed by atoms with Crippen molar-refractivity contribution in [1.82, 2.24) is 10.2 Å². The third-order valence-corrected chi connectivity index (χ3v) is 2.12. The summed E-state index contributed by atoms with van der Waals surface area (Å²) in [5.41, 5.74) is 1.32. The second-order valence-corrected chi connectivity index (χ2v) is 2.94. The molecule has 0 radical (unpaired) electrons. The zero-order chi connectivity index (χ0) is 7.56. The van der Waals surface area contributed by atoms with Gasteiger partial charge < -0.3 is 10.2 Å². The summed E-state index contributed by atoms with van der Waals surface area (Å²) in [5, 5.41) is 3.35. The smallest absolute Gasteiger partial charge is 0.0428 e. The number of hydrogen-bond acceptors (Lipinski definition) is 2. The highest BCUT2D eigenvalue weighted by Gasteiger charge is 2.12. The van der Waals surface area contributed by atoms with Gasteiger partial charge in [-0.1, -0.05) is 6.92 Å². The van der Waals surface area contributed by atoms with Crippen molar-refractivity contribution in [2.75, 3.05) is 13.6 Å². The number of allylic oxidation sites excluding steroid dienone is 1. The topological polar surface area (TPSA) is 15.3 Å². The lowest BCUT2D eigenvalue weighted by atomic mass is 10.2. The van der Waals surface area contributed by atoms with Crippen LogP contribution in [-0.4, -0.2) is 24.5 Å². The lowest BCUT2D eigenvalue weighted by Crippen LogP contribution is -2.40. The Bertz CT molecular complexity index is 140. The van der Waals surface area contributed by atoms with Crippen LogP contribution in [0.25, 0.3) is 0 Å². The normalized spacial score (nSPS) is 25.7. The Morgan fingerprint density at radius 1 is 1.80 bits per heavy atom. The highest BCUT2D eigenvalue weighted by Crippen LogP contribution is 2.07. The van der Waals surface area contributed by atoms with Gasteiger partial charge in [0.1, 0.15) is 0 Å². The van der Waals surface area contributed by atoms with Crippen molar-refractivity contribution < 1.29 is 0 Å². The van der Waals surface area contributed by atoms with E-state index in [1.54, 1.807) is 0 Å². The van der Waals surface area contributed by atoms with Crippen LogP contribution >= 0.6 is 0 Å². The Kier molecular flexibility index (Phi) is 2.20. The van der Waals surface area contributed by atoms with Crippen molar-refractivity contribution in [3.8, 4) is 0 Å². The van der Waals surface area contributed by atoms with Gasteiger partial charge in [-0.25, -0.2) is 0 Å². The molecule has 2 heteroatoms. The molecule has 0 saturated carbocycles. The van der Waals surface area contributed by atoms with E-state index in [-0.39, 0.29) is 0 Å². The van der Waals surface area contributed by atoms with Crippen LogP contribution in [0, 0.1) is 0 Å². The van der Waals surface area contributed by atoms with Crippen molar-refractivity contribution in [2.45, 2.75) is 26.3 Å². The molecule has 1 heterocycles. The molecular formula is C8H16N2. The summed E-state index contributed by atoms with van der Waals surface area (Å²) in [6.45, 7) is 5.47. The van der Waals surface area contributed by atoms with Gasteiger partial charge >= 0.3 is 0 Å². The van der Waals surface area contributed by atoms with Crippen LogP contribution in [0.4, 0.5) is 0 Å². The number of rotatable bonds is 1. The van der Waals surface area contributed by atoms with E-state index in [9.17, 15) is 0 Å². The van der Waals surface area contributed by atoms with Crippen LogP contribution in [0.2, 0.25) is 0 Å². The van der Waals surface area contributed by atoms with Gasteiger partial charge in [-0.2, -0.15) is 0 Å². The number of likely N-dealkylation sites (N-methyl/N-ethyl adjacent to an activating group) is 1. The zero-order valence-corrected chi connectivity index (χ0v) is 7.02. The second-order valence-electron chi connectivity index (χ2n) is 2.94. The first kappa shape index (κ1) is 7.45. The summed E-state index contributed by atoms with van der Waals surface area (Å²) in [7, 11) is 2.13. The van der Waals surface area contributed by atoms with Gasteiger partial charge in [0.15, 0.2) is 0 Å². The molecule has 1 unspecified atom stereocenters. The van der Waals surface area contributed by atoms with E-state index in [0.717, 1.165) is 6.54 Å². The van der Waals surface area contributed by atoms with Crippen molar-refractivity contribution in [3.05, 3.63) is 11.9 Å². The van der Waals surface area contributed by atoms with Crippen LogP contribution in [0.15, 0.2) is 11.9 Å². The van der Waals surface area contributed by atoms with E-state index in [4.69, 9.17) is 0 Å². The van der Waals surface area contributed by atoms with Crippen molar-refractivity contribution >= 4 is 0 Å². The molecule has 58 valence electrons. The fraction of sp³-hybridized carbons (Fsp3) is 0.750. The van der Waals surface area contributed by atoms with Gasteiger partial charge in [-0.05, 0) is 13.3 Å². The lowest BCUT2D eigenvalue weighted by Gasteiger charge is -2.30. The minimum absolute atomic E-state index is 0.647. The van der Waals surface area contributed by atoms with E-state index >= 15 is 0 Å². The molecule has 10 heavy (non-hydrogen) atoms. The molecule has 0 amide bonds. The fourth-order valence-electron chi connectivity index (χ4n) is 1.12.